The lowest BCUT2D eigenvalue weighted by molar-refractivity contribution is -0.144. The number of carboxylic acid groups (broad SMARTS) is 1. The fraction of sp³-hybridized carbons (Fsp3) is 0.611. The van der Waals surface area contributed by atoms with Gasteiger partial charge in [0.25, 0.3) is 0 Å². The summed E-state index contributed by atoms with van der Waals surface area (Å²) in [7, 11) is 0. The monoisotopic (exact) mass is 1200 g/mol. The third-order valence-corrected chi connectivity index (χ3v) is 16.9. The van der Waals surface area contributed by atoms with Crippen LogP contribution in [0, 0.1) is 55.4 Å². The van der Waals surface area contributed by atoms with E-state index in [0.29, 0.717) is 36.7 Å². The number of rotatable bonds is 25. The van der Waals surface area contributed by atoms with Gasteiger partial charge >= 0.3 is 23.9 Å². The van der Waals surface area contributed by atoms with Gasteiger partial charge in [-0.3, -0.25) is 19.2 Å². The lowest BCUT2D eigenvalue weighted by Gasteiger charge is -2.24. The molecule has 4 aromatic carbocycles. The zero-order valence-corrected chi connectivity index (χ0v) is 57.1. The number of thioether (sulfide) groups is 1. The average Bonchev–Trinajstić information content (AvgIpc) is 3.43. The second-order valence-corrected chi connectivity index (χ2v) is 28.6. The summed E-state index contributed by atoms with van der Waals surface area (Å²) in [6, 6.07) is 7.82. The molecule has 0 aromatic heterocycles. The third-order valence-electron chi connectivity index (χ3n) is 15.8. The summed E-state index contributed by atoms with van der Waals surface area (Å²) in [6.45, 7) is 43.2. The first-order chi connectivity index (χ1) is 39.3. The highest BCUT2D eigenvalue weighted by Gasteiger charge is 2.27. The Labute approximate surface area is 516 Å². The van der Waals surface area contributed by atoms with E-state index in [2.05, 4.69) is 69.2 Å². The van der Waals surface area contributed by atoms with Crippen LogP contribution in [-0.2, 0) is 80.7 Å². The van der Waals surface area contributed by atoms with Crippen molar-refractivity contribution in [2.45, 2.75) is 257 Å². The molecule has 0 bridgehead atoms. The first-order valence-electron chi connectivity index (χ1n) is 30.8. The molecular formula is C72H110O12S. The van der Waals surface area contributed by atoms with Gasteiger partial charge < -0.3 is 39.7 Å². The summed E-state index contributed by atoms with van der Waals surface area (Å²) in [6.07, 6.45) is 11.5. The Bertz CT molecular complexity index is 2770. The minimum Gasteiger partial charge on any atom is -0.507 e. The number of carbonyl (C=O) groups is 4. The number of ether oxygens (including phenoxy) is 3. The standard InChI is InChI=1S/C34H50O6.C24H40O3S.C14H20O3/c1-21-17-27(33(5,6)7)31(37)23(3)25(21)19-29(35)39-15-13-11-12-14-16-40-30(36)20-26-22(2)18-28(34(8,9)10)32(38)24(26)4;1-7-8-9-10-11-12-14-28-15-13-27-22(25)17-20-18(2)16-21(24(4,5)6)23(26)19(20)3;1-8-6-11(14(3,4)5)13(17)9(2)10(8)7-12(15)16/h17-18,37-38H,11-16,19-20H2,1-10H3;16,26H,7-15,17H2,1-6H3;6,17H,7H2,1-5H3,(H,15,16). The van der Waals surface area contributed by atoms with E-state index >= 15 is 0 Å². The van der Waals surface area contributed by atoms with Crippen LogP contribution < -0.4 is 0 Å². The van der Waals surface area contributed by atoms with Gasteiger partial charge in [0.1, 0.15) is 29.6 Å². The van der Waals surface area contributed by atoms with Crippen molar-refractivity contribution in [2.24, 2.45) is 0 Å². The highest BCUT2D eigenvalue weighted by Crippen LogP contribution is 2.40. The number of phenolic OH excluding ortho intramolecular Hbond substituents is 4. The number of phenols is 4. The van der Waals surface area contributed by atoms with Gasteiger partial charge in [0.2, 0.25) is 0 Å². The van der Waals surface area contributed by atoms with Crippen molar-refractivity contribution in [3.8, 4) is 23.0 Å². The third kappa shape index (κ3) is 24.2. The number of hydrogen-bond acceptors (Lipinski definition) is 12. The number of aryl methyl sites for hydroxylation is 4. The molecule has 0 aliphatic heterocycles. The van der Waals surface area contributed by atoms with Crippen LogP contribution in [0.1, 0.15) is 243 Å². The summed E-state index contributed by atoms with van der Waals surface area (Å²) in [4.78, 5) is 47.9. The molecule has 0 unspecified atom stereocenters. The van der Waals surface area contributed by atoms with Crippen molar-refractivity contribution in [1.29, 1.82) is 0 Å². The van der Waals surface area contributed by atoms with E-state index in [1.807, 2.05) is 105 Å². The molecule has 0 aliphatic carbocycles. The lowest BCUT2D eigenvalue weighted by Crippen LogP contribution is -2.16. The zero-order chi connectivity index (χ0) is 64.9. The first kappa shape index (κ1) is 75.4. The maximum atomic E-state index is 12.4. The Morgan fingerprint density at radius 3 is 0.918 bits per heavy atom. The second-order valence-electron chi connectivity index (χ2n) is 27.3. The van der Waals surface area contributed by atoms with Crippen molar-refractivity contribution >= 4 is 35.6 Å². The quantitative estimate of drug-likeness (QED) is 0.0239. The van der Waals surface area contributed by atoms with Crippen molar-refractivity contribution in [1.82, 2.24) is 0 Å². The molecule has 0 heterocycles. The average molecular weight is 1200 g/mol. The molecule has 4 rings (SSSR count). The highest BCUT2D eigenvalue weighted by atomic mass is 32.2. The molecule has 0 aliphatic rings. The van der Waals surface area contributed by atoms with Crippen LogP contribution in [0.4, 0.5) is 0 Å². The second kappa shape index (κ2) is 34.0. The number of unbranched alkanes of at least 4 members (excludes halogenated alkanes) is 8. The maximum absolute atomic E-state index is 12.4. The minimum absolute atomic E-state index is 0.0460. The highest BCUT2D eigenvalue weighted by molar-refractivity contribution is 7.99. The molecule has 0 spiro atoms. The van der Waals surface area contributed by atoms with Crippen molar-refractivity contribution in [3.63, 3.8) is 0 Å². The van der Waals surface area contributed by atoms with E-state index in [4.69, 9.17) is 19.3 Å². The van der Waals surface area contributed by atoms with Crippen molar-refractivity contribution < 1.29 is 58.9 Å². The van der Waals surface area contributed by atoms with E-state index in [1.165, 1.54) is 38.5 Å². The molecule has 5 N–H and O–H groups in total. The molecule has 476 valence electrons. The van der Waals surface area contributed by atoms with Gasteiger partial charge in [0.05, 0.1) is 38.9 Å². The van der Waals surface area contributed by atoms with Crippen LogP contribution in [0.3, 0.4) is 0 Å². The SMILES string of the molecule is CCCCCCCCSCCOC(=O)Cc1c(C)cc(C(C)(C)C)c(O)c1C.Cc1cc(C(C)(C)C)c(O)c(C)c1CC(=O)O.Cc1cc(C(C)(C)C)c(O)c(C)c1CC(=O)OCCCCCCOC(=O)Cc1c(C)cc(C(C)(C)C)c(O)c1C. The van der Waals surface area contributed by atoms with Gasteiger partial charge in [0, 0.05) is 5.75 Å². The van der Waals surface area contributed by atoms with Crippen LogP contribution in [-0.4, -0.2) is 80.7 Å². The Kier molecular flexibility index (Phi) is 30.2. The molecular weight excluding hydrogens is 1090 g/mol. The molecule has 0 atom stereocenters. The lowest BCUT2D eigenvalue weighted by atomic mass is 9.82. The number of benzene rings is 4. The topological polar surface area (TPSA) is 197 Å². The Balaban J connectivity index is 0.000000474. The van der Waals surface area contributed by atoms with E-state index in [0.717, 1.165) is 115 Å². The summed E-state index contributed by atoms with van der Waals surface area (Å²) in [5, 5.41) is 50.9. The number of carboxylic acids is 1. The van der Waals surface area contributed by atoms with Crippen LogP contribution in [0.5, 0.6) is 23.0 Å². The number of aromatic hydroxyl groups is 4. The van der Waals surface area contributed by atoms with Crippen LogP contribution in [0.15, 0.2) is 24.3 Å². The fourth-order valence-electron chi connectivity index (χ4n) is 10.4. The molecule has 0 amide bonds. The Morgan fingerprint density at radius 2 is 0.635 bits per heavy atom. The van der Waals surface area contributed by atoms with E-state index < -0.39 is 5.97 Å². The van der Waals surface area contributed by atoms with Gasteiger partial charge in [-0.2, -0.15) is 11.8 Å². The van der Waals surface area contributed by atoms with Crippen molar-refractivity contribution in [2.75, 3.05) is 31.3 Å². The summed E-state index contributed by atoms with van der Waals surface area (Å²) in [5.74, 6) is 1.34. The molecule has 0 fully saturated rings. The van der Waals surface area contributed by atoms with E-state index in [1.54, 1.807) is 6.92 Å². The van der Waals surface area contributed by atoms with Gasteiger partial charge in [0.15, 0.2) is 0 Å². The van der Waals surface area contributed by atoms with Gasteiger partial charge in [-0.1, -0.05) is 146 Å². The summed E-state index contributed by atoms with van der Waals surface area (Å²) in [5.41, 5.74) is 13.0. The predicted molar refractivity (Wildman–Crippen MR) is 350 cm³/mol. The maximum Gasteiger partial charge on any atom is 0.310 e. The Morgan fingerprint density at radius 1 is 0.376 bits per heavy atom. The van der Waals surface area contributed by atoms with Gasteiger partial charge in [-0.25, -0.2) is 0 Å². The smallest absolute Gasteiger partial charge is 0.310 e. The first-order valence-corrected chi connectivity index (χ1v) is 32.0. The summed E-state index contributed by atoms with van der Waals surface area (Å²) >= 11 is 1.86. The van der Waals surface area contributed by atoms with E-state index in [-0.39, 0.29) is 82.5 Å². The predicted octanol–water partition coefficient (Wildman–Crippen LogP) is 16.8. The number of aliphatic carboxylic acids is 1. The van der Waals surface area contributed by atoms with Crippen LogP contribution >= 0.6 is 11.8 Å². The molecule has 0 radical (unpaired) electrons. The molecule has 13 heteroatoms. The van der Waals surface area contributed by atoms with Crippen LogP contribution in [0.2, 0.25) is 0 Å². The molecule has 85 heavy (non-hydrogen) atoms. The normalized spacial score (nSPS) is 11.8. The van der Waals surface area contributed by atoms with E-state index in [9.17, 15) is 39.6 Å². The zero-order valence-electron chi connectivity index (χ0n) is 56.2. The number of esters is 3. The molecule has 4 aromatic rings. The van der Waals surface area contributed by atoms with Crippen molar-refractivity contribution in [3.05, 3.63) is 113 Å². The van der Waals surface area contributed by atoms with Gasteiger partial charge in [-0.05, 0) is 204 Å². The largest absolute Gasteiger partial charge is 0.507 e. The molecule has 0 saturated heterocycles. The van der Waals surface area contributed by atoms with Crippen LogP contribution in [0.25, 0.3) is 0 Å². The summed E-state index contributed by atoms with van der Waals surface area (Å²) < 4.78 is 16.3. The molecule has 0 saturated carbocycles. The minimum atomic E-state index is -0.876. The Hall–Kier alpha value is -5.69. The van der Waals surface area contributed by atoms with Gasteiger partial charge in [-0.15, -0.1) is 0 Å². The molecule has 12 nitrogen and oxygen atoms in total. The fourth-order valence-corrected chi connectivity index (χ4v) is 11.2. The number of carbonyl (C=O) groups excluding carboxylic acids is 3. The number of hydrogen-bond donors (Lipinski definition) is 5.